The second-order valence-corrected chi connectivity index (χ2v) is 8.49. The molecule has 1 amide bonds. The minimum Gasteiger partial charge on any atom is -0.493 e. The van der Waals surface area contributed by atoms with Crippen molar-refractivity contribution in [2.45, 2.75) is 0 Å². The Bertz CT molecular complexity index is 1040. The Morgan fingerprint density at radius 2 is 2.00 bits per heavy atom. The summed E-state index contributed by atoms with van der Waals surface area (Å²) in [5.41, 5.74) is 0.819. The SMILES string of the molecule is COc1ccccc1OCC(=O)N(CCN1CCOCC1)c1nc2ccc(Cl)cc2s1. The number of rotatable bonds is 8. The summed E-state index contributed by atoms with van der Waals surface area (Å²) in [5, 5.41) is 1.28. The first kappa shape index (κ1) is 21.8. The van der Waals surface area contributed by atoms with Crippen LogP contribution in [-0.4, -0.2) is 68.9 Å². The molecule has 0 N–H and O–H groups in total. The van der Waals surface area contributed by atoms with Gasteiger partial charge in [0.05, 0.1) is 30.5 Å². The number of anilines is 1. The smallest absolute Gasteiger partial charge is 0.266 e. The molecule has 1 aromatic heterocycles. The number of nitrogens with zero attached hydrogens (tertiary/aromatic N) is 3. The Balaban J connectivity index is 1.52. The molecule has 164 valence electrons. The summed E-state index contributed by atoms with van der Waals surface area (Å²) in [6.07, 6.45) is 0. The van der Waals surface area contributed by atoms with Gasteiger partial charge in [0, 0.05) is 31.2 Å². The maximum absolute atomic E-state index is 13.2. The number of halogens is 1. The normalized spacial score (nSPS) is 14.5. The lowest BCUT2D eigenvalue weighted by Crippen LogP contribution is -2.44. The molecule has 7 nitrogen and oxygen atoms in total. The van der Waals surface area contributed by atoms with Crippen LogP contribution in [-0.2, 0) is 9.53 Å². The number of methoxy groups -OCH3 is 1. The maximum Gasteiger partial charge on any atom is 0.266 e. The summed E-state index contributed by atoms with van der Waals surface area (Å²) in [6.45, 7) is 4.28. The van der Waals surface area contributed by atoms with Gasteiger partial charge in [0.15, 0.2) is 23.2 Å². The van der Waals surface area contributed by atoms with Gasteiger partial charge in [-0.05, 0) is 30.3 Å². The molecular formula is C22H24ClN3O4S. The molecule has 4 rings (SSSR count). The van der Waals surface area contributed by atoms with E-state index in [1.165, 1.54) is 11.3 Å². The van der Waals surface area contributed by atoms with E-state index in [0.717, 1.165) is 29.9 Å². The average molecular weight is 462 g/mol. The van der Waals surface area contributed by atoms with Crippen LogP contribution >= 0.6 is 22.9 Å². The summed E-state index contributed by atoms with van der Waals surface area (Å²) in [4.78, 5) is 21.8. The number of para-hydroxylation sites is 2. The molecule has 0 radical (unpaired) electrons. The molecule has 1 saturated heterocycles. The van der Waals surface area contributed by atoms with E-state index in [0.29, 0.717) is 41.4 Å². The molecule has 0 aliphatic carbocycles. The average Bonchev–Trinajstić information content (AvgIpc) is 3.21. The molecule has 9 heteroatoms. The lowest BCUT2D eigenvalue weighted by Gasteiger charge is -2.29. The Morgan fingerprint density at radius 1 is 1.23 bits per heavy atom. The molecule has 0 unspecified atom stereocenters. The third-order valence-electron chi connectivity index (χ3n) is 5.03. The van der Waals surface area contributed by atoms with E-state index in [2.05, 4.69) is 9.88 Å². The quantitative estimate of drug-likeness (QED) is 0.509. The van der Waals surface area contributed by atoms with Crippen molar-refractivity contribution in [1.82, 2.24) is 9.88 Å². The van der Waals surface area contributed by atoms with Crippen LogP contribution in [0, 0.1) is 0 Å². The predicted molar refractivity (Wildman–Crippen MR) is 123 cm³/mol. The first-order chi connectivity index (χ1) is 15.1. The molecule has 0 atom stereocenters. The molecule has 2 heterocycles. The topological polar surface area (TPSA) is 64.1 Å². The first-order valence-electron chi connectivity index (χ1n) is 10.1. The third-order valence-corrected chi connectivity index (χ3v) is 6.31. The van der Waals surface area contributed by atoms with Crippen molar-refractivity contribution in [3.8, 4) is 11.5 Å². The fourth-order valence-corrected chi connectivity index (χ4v) is 4.64. The second kappa shape index (κ2) is 10.3. The molecule has 31 heavy (non-hydrogen) atoms. The van der Waals surface area contributed by atoms with Gasteiger partial charge in [0.1, 0.15) is 0 Å². The van der Waals surface area contributed by atoms with Crippen LogP contribution in [0.2, 0.25) is 5.02 Å². The fraction of sp³-hybridized carbons (Fsp3) is 0.364. The Hall–Kier alpha value is -2.39. The number of aromatic nitrogens is 1. The summed E-state index contributed by atoms with van der Waals surface area (Å²) in [6, 6.07) is 12.8. The van der Waals surface area contributed by atoms with Crippen LogP contribution in [0.15, 0.2) is 42.5 Å². The van der Waals surface area contributed by atoms with Crippen molar-refractivity contribution in [3.63, 3.8) is 0 Å². The Morgan fingerprint density at radius 3 is 2.77 bits per heavy atom. The summed E-state index contributed by atoms with van der Waals surface area (Å²) >= 11 is 7.58. The van der Waals surface area contributed by atoms with Crippen molar-refractivity contribution in [2.75, 3.05) is 58.0 Å². The van der Waals surface area contributed by atoms with Crippen molar-refractivity contribution in [3.05, 3.63) is 47.5 Å². The zero-order valence-corrected chi connectivity index (χ0v) is 18.8. The zero-order valence-electron chi connectivity index (χ0n) is 17.3. The molecule has 1 aliphatic rings. The number of ether oxygens (including phenoxy) is 3. The van der Waals surface area contributed by atoms with Crippen molar-refractivity contribution in [2.24, 2.45) is 0 Å². The fourth-order valence-electron chi connectivity index (χ4n) is 3.35. The van der Waals surface area contributed by atoms with Crippen molar-refractivity contribution < 1.29 is 19.0 Å². The van der Waals surface area contributed by atoms with Gasteiger partial charge in [-0.3, -0.25) is 14.6 Å². The van der Waals surface area contributed by atoms with Gasteiger partial charge in [0.25, 0.3) is 5.91 Å². The number of fused-ring (bicyclic) bond motifs is 1. The number of hydrogen-bond acceptors (Lipinski definition) is 7. The van der Waals surface area contributed by atoms with E-state index >= 15 is 0 Å². The molecule has 0 saturated carbocycles. The number of carbonyl (C=O) groups is 1. The zero-order chi connectivity index (χ0) is 21.6. The largest absolute Gasteiger partial charge is 0.493 e. The lowest BCUT2D eigenvalue weighted by molar-refractivity contribution is -0.120. The number of morpholine rings is 1. The number of thiazole rings is 1. The number of benzene rings is 2. The number of hydrogen-bond donors (Lipinski definition) is 0. The van der Waals surface area contributed by atoms with Crippen LogP contribution in [0.1, 0.15) is 0 Å². The van der Waals surface area contributed by atoms with E-state index in [1.54, 1.807) is 30.2 Å². The molecule has 0 spiro atoms. The van der Waals surface area contributed by atoms with Gasteiger partial charge in [-0.2, -0.15) is 0 Å². The lowest BCUT2D eigenvalue weighted by atomic mass is 10.3. The standard InChI is InChI=1S/C22H24ClN3O4S/c1-28-18-4-2-3-5-19(18)30-15-21(27)26(9-8-25-10-12-29-13-11-25)22-24-17-7-6-16(23)14-20(17)31-22/h2-7,14H,8-13,15H2,1H3. The van der Waals surface area contributed by atoms with Crippen LogP contribution in [0.5, 0.6) is 11.5 Å². The van der Waals surface area contributed by atoms with Crippen LogP contribution in [0.3, 0.4) is 0 Å². The minimum atomic E-state index is -0.163. The van der Waals surface area contributed by atoms with E-state index < -0.39 is 0 Å². The van der Waals surface area contributed by atoms with E-state index in [-0.39, 0.29) is 12.5 Å². The van der Waals surface area contributed by atoms with E-state index in [1.807, 2.05) is 24.3 Å². The molecule has 0 bridgehead atoms. The van der Waals surface area contributed by atoms with E-state index in [9.17, 15) is 4.79 Å². The summed E-state index contributed by atoms with van der Waals surface area (Å²) < 4.78 is 17.5. The van der Waals surface area contributed by atoms with Gasteiger partial charge >= 0.3 is 0 Å². The second-order valence-electron chi connectivity index (χ2n) is 7.05. The molecule has 2 aromatic carbocycles. The minimum absolute atomic E-state index is 0.111. The molecule has 1 aliphatic heterocycles. The Kier molecular flexibility index (Phi) is 7.24. The van der Waals surface area contributed by atoms with E-state index in [4.69, 9.17) is 25.8 Å². The highest BCUT2D eigenvalue weighted by molar-refractivity contribution is 7.22. The number of carbonyl (C=O) groups excluding carboxylic acids is 1. The summed E-state index contributed by atoms with van der Waals surface area (Å²) in [5.74, 6) is 0.955. The van der Waals surface area contributed by atoms with Crippen LogP contribution in [0.25, 0.3) is 10.2 Å². The highest BCUT2D eigenvalue weighted by Gasteiger charge is 2.22. The highest BCUT2D eigenvalue weighted by atomic mass is 35.5. The predicted octanol–water partition coefficient (Wildman–Crippen LogP) is 3.70. The third kappa shape index (κ3) is 5.46. The highest BCUT2D eigenvalue weighted by Crippen LogP contribution is 2.31. The van der Waals surface area contributed by atoms with Gasteiger partial charge in [-0.1, -0.05) is 35.1 Å². The summed E-state index contributed by atoms with van der Waals surface area (Å²) in [7, 11) is 1.57. The number of amides is 1. The molecule has 3 aromatic rings. The maximum atomic E-state index is 13.2. The van der Waals surface area contributed by atoms with Gasteiger partial charge < -0.3 is 14.2 Å². The molecule has 1 fully saturated rings. The van der Waals surface area contributed by atoms with Crippen LogP contribution < -0.4 is 14.4 Å². The van der Waals surface area contributed by atoms with Crippen molar-refractivity contribution >= 4 is 44.2 Å². The monoisotopic (exact) mass is 461 g/mol. The van der Waals surface area contributed by atoms with Gasteiger partial charge in [-0.25, -0.2) is 4.98 Å². The Labute approximate surface area is 190 Å². The molecular weight excluding hydrogens is 438 g/mol. The van der Waals surface area contributed by atoms with Gasteiger partial charge in [0.2, 0.25) is 0 Å². The van der Waals surface area contributed by atoms with Crippen LogP contribution in [0.4, 0.5) is 5.13 Å². The van der Waals surface area contributed by atoms with Gasteiger partial charge in [-0.15, -0.1) is 0 Å². The van der Waals surface area contributed by atoms with Crippen molar-refractivity contribution in [1.29, 1.82) is 0 Å². The first-order valence-corrected chi connectivity index (χ1v) is 11.3.